The number of ether oxygens (including phenoxy) is 1. The Labute approximate surface area is 103 Å². The van der Waals surface area contributed by atoms with Gasteiger partial charge in [0, 0.05) is 0 Å². The van der Waals surface area contributed by atoms with Crippen molar-refractivity contribution in [2.24, 2.45) is 0 Å². The quantitative estimate of drug-likeness (QED) is 0.588. The molecule has 0 spiro atoms. The highest BCUT2D eigenvalue weighted by atomic mass is 16.6. The van der Waals surface area contributed by atoms with E-state index in [1.165, 1.54) is 5.56 Å². The van der Waals surface area contributed by atoms with Crippen LogP contribution in [0.1, 0.15) is 31.9 Å². The predicted octanol–water partition coefficient (Wildman–Crippen LogP) is 3.30. The van der Waals surface area contributed by atoms with E-state index >= 15 is 0 Å². The summed E-state index contributed by atoms with van der Waals surface area (Å²) in [7, 11) is 0. The Morgan fingerprint density at radius 3 is 2.59 bits per heavy atom. The van der Waals surface area contributed by atoms with Crippen molar-refractivity contribution in [2.75, 3.05) is 0 Å². The first-order valence-corrected chi connectivity index (χ1v) is 5.81. The first kappa shape index (κ1) is 13.5. The van der Waals surface area contributed by atoms with Gasteiger partial charge >= 0.3 is 5.97 Å². The maximum absolute atomic E-state index is 11.7. The van der Waals surface area contributed by atoms with Crippen LogP contribution in [0.2, 0.25) is 0 Å². The van der Waals surface area contributed by atoms with Crippen LogP contribution in [0, 0.1) is 0 Å². The van der Waals surface area contributed by atoms with Crippen molar-refractivity contribution in [2.45, 2.75) is 39.2 Å². The molecule has 1 aromatic carbocycles. The summed E-state index contributed by atoms with van der Waals surface area (Å²) in [6.45, 7) is 9.33. The molecule has 0 unspecified atom stereocenters. The van der Waals surface area contributed by atoms with E-state index in [0.29, 0.717) is 6.42 Å². The Morgan fingerprint density at radius 2 is 2.00 bits per heavy atom. The van der Waals surface area contributed by atoms with Crippen molar-refractivity contribution >= 4 is 5.97 Å². The summed E-state index contributed by atoms with van der Waals surface area (Å²) in [5.74, 6) is -0.187. The molecule has 0 aromatic heterocycles. The van der Waals surface area contributed by atoms with Crippen LogP contribution in [0.4, 0.5) is 0 Å². The lowest BCUT2D eigenvalue weighted by Crippen LogP contribution is -2.24. The van der Waals surface area contributed by atoms with Crippen molar-refractivity contribution in [3.8, 4) is 0 Å². The Morgan fingerprint density at radius 1 is 1.35 bits per heavy atom. The molecule has 0 saturated carbocycles. The Kier molecular flexibility index (Phi) is 4.50. The Balaban J connectivity index is 2.65. The van der Waals surface area contributed by atoms with Gasteiger partial charge in [-0.25, -0.2) is 0 Å². The van der Waals surface area contributed by atoms with Gasteiger partial charge in [-0.2, -0.15) is 0 Å². The van der Waals surface area contributed by atoms with E-state index < -0.39 is 5.60 Å². The first-order chi connectivity index (χ1) is 7.90. The highest BCUT2D eigenvalue weighted by molar-refractivity contribution is 5.73. The standard InChI is InChI=1S/C15H20O2/c1-5-7-12-8-6-9-13(10-12)11-14(16)17-15(2,3)4/h5-6,8-10H,1,7,11H2,2-4H3. The molecule has 17 heavy (non-hydrogen) atoms. The average molecular weight is 232 g/mol. The highest BCUT2D eigenvalue weighted by Gasteiger charge is 2.16. The van der Waals surface area contributed by atoms with Gasteiger partial charge < -0.3 is 4.74 Å². The molecule has 1 aromatic rings. The van der Waals surface area contributed by atoms with Gasteiger partial charge in [-0.15, -0.1) is 6.58 Å². The van der Waals surface area contributed by atoms with E-state index in [0.717, 1.165) is 12.0 Å². The summed E-state index contributed by atoms with van der Waals surface area (Å²) in [5, 5.41) is 0. The Bertz CT molecular complexity index is 400. The van der Waals surface area contributed by atoms with E-state index in [9.17, 15) is 4.79 Å². The molecular formula is C15H20O2. The maximum Gasteiger partial charge on any atom is 0.310 e. The lowest BCUT2D eigenvalue weighted by atomic mass is 10.1. The molecule has 0 heterocycles. The van der Waals surface area contributed by atoms with Crippen LogP contribution in [0.5, 0.6) is 0 Å². The van der Waals surface area contributed by atoms with Gasteiger partial charge in [0.2, 0.25) is 0 Å². The number of carbonyl (C=O) groups is 1. The molecule has 0 bridgehead atoms. The minimum atomic E-state index is -0.421. The fourth-order valence-corrected chi connectivity index (χ4v) is 1.58. The lowest BCUT2D eigenvalue weighted by Gasteiger charge is -2.19. The minimum Gasteiger partial charge on any atom is -0.460 e. The van der Waals surface area contributed by atoms with Crippen molar-refractivity contribution in [3.05, 3.63) is 48.0 Å². The number of esters is 1. The van der Waals surface area contributed by atoms with Gasteiger partial charge in [-0.1, -0.05) is 30.3 Å². The van der Waals surface area contributed by atoms with Crippen LogP contribution in [0.25, 0.3) is 0 Å². The predicted molar refractivity (Wildman–Crippen MR) is 69.9 cm³/mol. The SMILES string of the molecule is C=CCc1cccc(CC(=O)OC(C)(C)C)c1. The van der Waals surface area contributed by atoms with Crippen LogP contribution >= 0.6 is 0 Å². The topological polar surface area (TPSA) is 26.3 Å². The molecule has 0 fully saturated rings. The van der Waals surface area contributed by atoms with Crippen LogP contribution in [-0.2, 0) is 22.4 Å². The molecule has 92 valence electrons. The molecule has 0 aliphatic heterocycles. The number of benzene rings is 1. The lowest BCUT2D eigenvalue weighted by molar-refractivity contribution is -0.153. The average Bonchev–Trinajstić information content (AvgIpc) is 2.15. The molecule has 2 heteroatoms. The summed E-state index contributed by atoms with van der Waals surface area (Å²) >= 11 is 0. The molecule has 0 N–H and O–H groups in total. The normalized spacial score (nSPS) is 11.0. The molecule has 0 aliphatic carbocycles. The second kappa shape index (κ2) is 5.67. The zero-order valence-corrected chi connectivity index (χ0v) is 10.8. The van der Waals surface area contributed by atoms with E-state index in [1.54, 1.807) is 0 Å². The summed E-state index contributed by atoms with van der Waals surface area (Å²) in [6.07, 6.45) is 3.00. The Hall–Kier alpha value is -1.57. The molecule has 0 atom stereocenters. The third kappa shape index (κ3) is 5.34. The van der Waals surface area contributed by atoms with Crippen molar-refractivity contribution in [1.29, 1.82) is 0 Å². The zero-order chi connectivity index (χ0) is 12.9. The highest BCUT2D eigenvalue weighted by Crippen LogP contribution is 2.11. The molecule has 2 nitrogen and oxygen atoms in total. The third-order valence-electron chi connectivity index (χ3n) is 2.14. The molecule has 0 saturated heterocycles. The molecule has 0 aliphatic rings. The molecule has 0 radical (unpaired) electrons. The number of allylic oxidation sites excluding steroid dienone is 1. The third-order valence-corrected chi connectivity index (χ3v) is 2.14. The fraction of sp³-hybridized carbons (Fsp3) is 0.400. The summed E-state index contributed by atoms with van der Waals surface area (Å²) in [5.41, 5.74) is 1.73. The summed E-state index contributed by atoms with van der Waals surface area (Å²) < 4.78 is 5.28. The van der Waals surface area contributed by atoms with Gasteiger partial charge in [0.15, 0.2) is 0 Å². The van der Waals surface area contributed by atoms with Gasteiger partial charge in [0.05, 0.1) is 6.42 Å². The van der Waals surface area contributed by atoms with Crippen molar-refractivity contribution < 1.29 is 9.53 Å². The molecule has 1 rings (SSSR count). The van der Waals surface area contributed by atoms with E-state index in [4.69, 9.17) is 4.74 Å². The van der Waals surface area contributed by atoms with Crippen molar-refractivity contribution in [1.82, 2.24) is 0 Å². The van der Waals surface area contributed by atoms with Crippen LogP contribution in [0.15, 0.2) is 36.9 Å². The minimum absolute atomic E-state index is 0.187. The van der Waals surface area contributed by atoms with Crippen LogP contribution in [0.3, 0.4) is 0 Å². The smallest absolute Gasteiger partial charge is 0.310 e. The zero-order valence-electron chi connectivity index (χ0n) is 10.8. The number of rotatable bonds is 4. The number of hydrogen-bond acceptors (Lipinski definition) is 2. The van der Waals surface area contributed by atoms with Crippen molar-refractivity contribution in [3.63, 3.8) is 0 Å². The number of carbonyl (C=O) groups excluding carboxylic acids is 1. The maximum atomic E-state index is 11.7. The van der Waals surface area contributed by atoms with E-state index in [1.807, 2.05) is 51.1 Å². The van der Waals surface area contributed by atoms with Gasteiger partial charge in [0.25, 0.3) is 0 Å². The monoisotopic (exact) mass is 232 g/mol. The number of hydrogen-bond donors (Lipinski definition) is 0. The van der Waals surface area contributed by atoms with Crippen LogP contribution in [-0.4, -0.2) is 11.6 Å². The second-order valence-electron chi connectivity index (χ2n) is 5.08. The summed E-state index contributed by atoms with van der Waals surface area (Å²) in [4.78, 5) is 11.7. The van der Waals surface area contributed by atoms with E-state index in [-0.39, 0.29) is 5.97 Å². The summed E-state index contributed by atoms with van der Waals surface area (Å²) in [6, 6.07) is 7.95. The molecular weight excluding hydrogens is 212 g/mol. The van der Waals surface area contributed by atoms with Crippen LogP contribution < -0.4 is 0 Å². The van der Waals surface area contributed by atoms with Gasteiger partial charge in [-0.3, -0.25) is 4.79 Å². The first-order valence-electron chi connectivity index (χ1n) is 5.81. The molecule has 0 amide bonds. The van der Waals surface area contributed by atoms with E-state index in [2.05, 4.69) is 6.58 Å². The second-order valence-corrected chi connectivity index (χ2v) is 5.08. The van der Waals surface area contributed by atoms with Gasteiger partial charge in [-0.05, 0) is 38.3 Å². The fourth-order valence-electron chi connectivity index (χ4n) is 1.58. The largest absolute Gasteiger partial charge is 0.460 e. The van der Waals surface area contributed by atoms with Gasteiger partial charge in [0.1, 0.15) is 5.60 Å².